The van der Waals surface area contributed by atoms with Crippen LogP contribution in [0.5, 0.6) is 5.75 Å². The fourth-order valence-electron chi connectivity index (χ4n) is 3.29. The number of nitrogen functional groups attached to an aromatic ring is 1. The maximum Gasteiger partial charge on any atom is 0.353 e. The molecule has 0 saturated heterocycles. The van der Waals surface area contributed by atoms with Gasteiger partial charge in [0.05, 0.1) is 16.5 Å². The van der Waals surface area contributed by atoms with Crippen molar-refractivity contribution in [2.45, 2.75) is 20.3 Å². The first kappa shape index (κ1) is 27.0. The second-order valence-electron chi connectivity index (χ2n) is 8.62. The van der Waals surface area contributed by atoms with Gasteiger partial charge in [0.2, 0.25) is 5.69 Å². The van der Waals surface area contributed by atoms with Crippen LogP contribution in [0, 0.1) is 16.6 Å². The number of benzene rings is 2. The molecule has 0 bridgehead atoms. The first-order chi connectivity index (χ1) is 17.3. The number of amidine groups is 1. The molecule has 7 N–H and O–H groups in total. The van der Waals surface area contributed by atoms with Crippen LogP contribution in [-0.2, 0) is 6.42 Å². The predicted molar refractivity (Wildman–Crippen MR) is 133 cm³/mol. The molecule has 3 rings (SSSR count). The van der Waals surface area contributed by atoms with Crippen molar-refractivity contribution in [2.75, 3.05) is 0 Å². The highest BCUT2D eigenvalue weighted by Crippen LogP contribution is 2.28. The van der Waals surface area contributed by atoms with Crippen LogP contribution in [0.3, 0.4) is 0 Å². The molecule has 0 aliphatic carbocycles. The number of hydrogen-bond acceptors (Lipinski definition) is 6. The molecule has 37 heavy (non-hydrogen) atoms. The van der Waals surface area contributed by atoms with Crippen molar-refractivity contribution in [3.63, 3.8) is 0 Å². The molecule has 0 radical (unpaired) electrons. The van der Waals surface area contributed by atoms with E-state index < -0.39 is 34.7 Å². The topological polar surface area (TPSA) is 185 Å². The Bertz CT molecular complexity index is 1450. The Labute approximate surface area is 214 Å². The Morgan fingerprint density at radius 1 is 1.03 bits per heavy atom. The highest BCUT2D eigenvalue weighted by molar-refractivity contribution is 7.14. The summed E-state index contributed by atoms with van der Waals surface area (Å²) in [7, 11) is 0. The number of aliphatic hydroxyl groups is 1. The van der Waals surface area contributed by atoms with Crippen LogP contribution in [0.1, 0.15) is 54.7 Å². The molecule has 3 aromatic rings. The normalized spacial score (nSPS) is 11.7. The number of esters is 1. The van der Waals surface area contributed by atoms with E-state index in [1.54, 1.807) is 19.9 Å². The molecule has 0 atom stereocenters. The van der Waals surface area contributed by atoms with Gasteiger partial charge in [-0.15, -0.1) is 11.3 Å². The second kappa shape index (κ2) is 10.6. The van der Waals surface area contributed by atoms with E-state index in [0.717, 1.165) is 29.5 Å². The van der Waals surface area contributed by atoms with Crippen LogP contribution in [-0.4, -0.2) is 45.0 Å². The Morgan fingerprint density at radius 2 is 1.70 bits per heavy atom. The number of hydrogen-bond donors (Lipinski definition) is 6. The third-order valence-corrected chi connectivity index (χ3v) is 6.37. The Morgan fingerprint density at radius 3 is 2.30 bits per heavy atom. The van der Waals surface area contributed by atoms with Gasteiger partial charge in [-0.05, 0) is 50.2 Å². The molecule has 192 valence electrons. The van der Waals surface area contributed by atoms with Gasteiger partial charge in [0.15, 0.2) is 11.6 Å². The number of rotatable bonds is 9. The van der Waals surface area contributed by atoms with Crippen molar-refractivity contribution in [2.24, 2.45) is 11.1 Å². The minimum absolute atomic E-state index is 0.152. The number of carboxylic acid groups (broad SMARTS) is 2. The fourth-order valence-corrected chi connectivity index (χ4v) is 4.41. The number of halogens is 1. The first-order valence-corrected chi connectivity index (χ1v) is 11.5. The Balaban J connectivity index is 1.75. The van der Waals surface area contributed by atoms with Gasteiger partial charge < -0.3 is 25.8 Å². The molecule has 1 aromatic heterocycles. The lowest BCUT2D eigenvalue weighted by molar-refractivity contribution is -0.372. The maximum atomic E-state index is 14.2. The molecule has 2 aromatic carbocycles. The van der Waals surface area contributed by atoms with Crippen LogP contribution in [0.4, 0.5) is 10.1 Å². The van der Waals surface area contributed by atoms with E-state index in [9.17, 15) is 29.0 Å². The Kier molecular flexibility index (Phi) is 7.73. The molecule has 0 spiro atoms. The predicted octanol–water partition coefficient (Wildman–Crippen LogP) is 2.72. The molecule has 0 aliphatic rings. The minimum atomic E-state index is -1.42. The van der Waals surface area contributed by atoms with Gasteiger partial charge in [-0.2, -0.15) is 4.99 Å². The summed E-state index contributed by atoms with van der Waals surface area (Å²) >= 11 is 1.09. The summed E-state index contributed by atoms with van der Waals surface area (Å²) < 4.78 is 19.3. The van der Waals surface area contributed by atoms with Crippen molar-refractivity contribution < 1.29 is 43.8 Å². The first-order valence-electron chi connectivity index (χ1n) is 10.7. The number of carbonyl (C=O) groups is 3. The molecular weight excluding hydrogens is 505 g/mol. The van der Waals surface area contributed by atoms with Crippen LogP contribution in [0.15, 0.2) is 48.5 Å². The standard InChI is InChI=1S/C25H22FN3O7S/c1-25(2,24(35)29-13-4-6-15(21(30)31)16(10-13)22(32)33)11-14-5-8-19(37-14)23(34)36-18-7-3-12(20(27)28)9-17(18)26/h3-10H,11H2,1-2H3,(H3,27,28)(H,29,35)(H,30,31)(H,32,33)/p+1. The number of nitrogens with two attached hydrogens (primary N) is 1. The molecule has 0 aliphatic heterocycles. The molecule has 0 amide bonds. The van der Waals surface area contributed by atoms with Crippen molar-refractivity contribution in [1.29, 1.82) is 5.41 Å². The van der Waals surface area contributed by atoms with Gasteiger partial charge in [-0.1, -0.05) is 0 Å². The average Bonchev–Trinajstić information content (AvgIpc) is 3.27. The van der Waals surface area contributed by atoms with E-state index >= 15 is 0 Å². The zero-order valence-electron chi connectivity index (χ0n) is 19.7. The number of ether oxygens (including phenoxy) is 1. The SMILES string of the molecule is CC(C)(Cc1ccc(C(=O)Oc2ccc(C(=N)N)cc2F)s1)C(O)=[NH+]c1ccc(C(=O)O)c(C(=O)O)c1. The van der Waals surface area contributed by atoms with E-state index in [-0.39, 0.29) is 45.6 Å². The summed E-state index contributed by atoms with van der Waals surface area (Å²) in [6, 6.07) is 10.3. The monoisotopic (exact) mass is 528 g/mol. The van der Waals surface area contributed by atoms with E-state index in [1.165, 1.54) is 24.3 Å². The maximum absolute atomic E-state index is 14.2. The van der Waals surface area contributed by atoms with Crippen LogP contribution < -0.4 is 15.5 Å². The van der Waals surface area contributed by atoms with Gasteiger partial charge in [-0.3, -0.25) is 5.41 Å². The molecular formula is C25H23FN3O7S+. The largest absolute Gasteiger partial charge is 0.478 e. The number of aliphatic hydroxyl groups excluding tert-OH is 1. The van der Waals surface area contributed by atoms with Crippen molar-refractivity contribution in [3.05, 3.63) is 80.8 Å². The lowest BCUT2D eigenvalue weighted by Gasteiger charge is -2.17. The van der Waals surface area contributed by atoms with Crippen molar-refractivity contribution in [3.8, 4) is 5.75 Å². The number of thiophene rings is 1. The van der Waals surface area contributed by atoms with Gasteiger partial charge in [0, 0.05) is 29.0 Å². The summed E-state index contributed by atoms with van der Waals surface area (Å²) in [5.74, 6) is -5.28. The highest BCUT2D eigenvalue weighted by atomic mass is 32.1. The van der Waals surface area contributed by atoms with Crippen LogP contribution in [0.2, 0.25) is 0 Å². The zero-order valence-corrected chi connectivity index (χ0v) is 20.5. The summed E-state index contributed by atoms with van der Waals surface area (Å²) in [4.78, 5) is 38.7. The lowest BCUT2D eigenvalue weighted by Crippen LogP contribution is -2.70. The van der Waals surface area contributed by atoms with Crippen molar-refractivity contribution >= 4 is 46.7 Å². The van der Waals surface area contributed by atoms with Gasteiger partial charge in [0.1, 0.15) is 10.7 Å². The number of carboxylic acids is 2. The van der Waals surface area contributed by atoms with Gasteiger partial charge in [0.25, 0.3) is 0 Å². The molecule has 12 heteroatoms. The van der Waals surface area contributed by atoms with E-state index in [2.05, 4.69) is 4.99 Å². The summed E-state index contributed by atoms with van der Waals surface area (Å²) in [5, 5.41) is 36.5. The molecule has 0 fully saturated rings. The fraction of sp³-hybridized carbons (Fsp3) is 0.160. The van der Waals surface area contributed by atoms with E-state index in [4.69, 9.17) is 21.0 Å². The minimum Gasteiger partial charge on any atom is -0.478 e. The third kappa shape index (κ3) is 6.35. The summed E-state index contributed by atoms with van der Waals surface area (Å²) in [6.45, 7) is 3.42. The zero-order chi connectivity index (χ0) is 27.5. The number of aromatic carboxylic acids is 2. The molecule has 0 unspecified atom stereocenters. The van der Waals surface area contributed by atoms with Crippen LogP contribution in [0.25, 0.3) is 0 Å². The highest BCUT2D eigenvalue weighted by Gasteiger charge is 2.32. The van der Waals surface area contributed by atoms with Gasteiger partial charge in [-0.25, -0.2) is 18.8 Å². The lowest BCUT2D eigenvalue weighted by atomic mass is 9.88. The Hall–Kier alpha value is -4.58. The third-order valence-electron chi connectivity index (χ3n) is 5.31. The molecule has 10 nitrogen and oxygen atoms in total. The summed E-state index contributed by atoms with van der Waals surface area (Å²) in [6.07, 6.45) is 0.268. The molecule has 1 heterocycles. The number of carbonyl (C=O) groups excluding carboxylic acids is 1. The quantitative estimate of drug-likeness (QED) is 0.106. The van der Waals surface area contributed by atoms with E-state index in [1.807, 2.05) is 0 Å². The van der Waals surface area contributed by atoms with Crippen LogP contribution >= 0.6 is 11.3 Å². The number of nitrogens with one attached hydrogen (secondary N) is 2. The smallest absolute Gasteiger partial charge is 0.353 e. The van der Waals surface area contributed by atoms with E-state index in [0.29, 0.717) is 4.88 Å². The molecule has 0 saturated carbocycles. The summed E-state index contributed by atoms with van der Waals surface area (Å²) in [5.41, 5.74) is 3.94. The average molecular weight is 529 g/mol. The van der Waals surface area contributed by atoms with Crippen molar-refractivity contribution in [1.82, 2.24) is 0 Å². The van der Waals surface area contributed by atoms with Gasteiger partial charge >= 0.3 is 23.8 Å². The second-order valence-corrected chi connectivity index (χ2v) is 9.79.